The lowest BCUT2D eigenvalue weighted by Crippen LogP contribution is -2.10. The van der Waals surface area contributed by atoms with Crippen LogP contribution in [-0.2, 0) is 4.74 Å². The van der Waals surface area contributed by atoms with E-state index in [0.717, 1.165) is 19.6 Å². The maximum Gasteiger partial charge on any atom is 0.0716 e. The molecule has 0 unspecified atom stereocenters. The minimum atomic E-state index is 0.802. The van der Waals surface area contributed by atoms with Crippen molar-refractivity contribution in [3.8, 4) is 0 Å². The van der Waals surface area contributed by atoms with Crippen LogP contribution in [0.4, 0.5) is 0 Å². The molecule has 1 rings (SSSR count). The van der Waals surface area contributed by atoms with Gasteiger partial charge in [0.2, 0.25) is 0 Å². The standard InChI is InChI=1S/C9H14O.C2H6/c1-3-8-5-6-10-7-9(8)4-2;1-2/h3-4H,5-7H2,1-2H3;1-2H3/b8-3-,9-4-;. The van der Waals surface area contributed by atoms with Gasteiger partial charge in [-0.2, -0.15) is 0 Å². The summed E-state index contributed by atoms with van der Waals surface area (Å²) in [5.41, 5.74) is 2.81. The zero-order chi connectivity index (χ0) is 9.40. The molecule has 0 N–H and O–H groups in total. The van der Waals surface area contributed by atoms with E-state index in [4.69, 9.17) is 4.74 Å². The lowest BCUT2D eigenvalue weighted by Gasteiger charge is -2.17. The fraction of sp³-hybridized carbons (Fsp3) is 0.636. The van der Waals surface area contributed by atoms with Gasteiger partial charge in [-0.15, -0.1) is 0 Å². The highest BCUT2D eigenvalue weighted by Gasteiger charge is 2.08. The predicted molar refractivity (Wildman–Crippen MR) is 54.3 cm³/mol. The summed E-state index contributed by atoms with van der Waals surface area (Å²) >= 11 is 0. The average Bonchev–Trinajstić information content (AvgIpc) is 2.20. The molecule has 0 aliphatic carbocycles. The van der Waals surface area contributed by atoms with E-state index in [2.05, 4.69) is 26.0 Å². The summed E-state index contributed by atoms with van der Waals surface area (Å²) in [6.45, 7) is 9.84. The van der Waals surface area contributed by atoms with Crippen LogP contribution in [0.3, 0.4) is 0 Å². The van der Waals surface area contributed by atoms with Crippen molar-refractivity contribution in [3.63, 3.8) is 0 Å². The van der Waals surface area contributed by atoms with Crippen molar-refractivity contribution in [2.75, 3.05) is 13.2 Å². The number of hydrogen-bond donors (Lipinski definition) is 0. The second-order valence-corrected chi connectivity index (χ2v) is 2.43. The summed E-state index contributed by atoms with van der Waals surface area (Å²) < 4.78 is 5.30. The molecule has 1 saturated heterocycles. The molecule has 0 amide bonds. The van der Waals surface area contributed by atoms with Gasteiger partial charge < -0.3 is 4.74 Å². The summed E-state index contributed by atoms with van der Waals surface area (Å²) in [6.07, 6.45) is 5.39. The van der Waals surface area contributed by atoms with E-state index >= 15 is 0 Å². The largest absolute Gasteiger partial charge is 0.376 e. The summed E-state index contributed by atoms with van der Waals surface area (Å²) in [5.74, 6) is 0. The molecular formula is C11H20O. The molecule has 1 aliphatic heterocycles. The van der Waals surface area contributed by atoms with Crippen LogP contribution < -0.4 is 0 Å². The second-order valence-electron chi connectivity index (χ2n) is 2.43. The Morgan fingerprint density at radius 3 is 2.08 bits per heavy atom. The Morgan fingerprint density at radius 2 is 1.67 bits per heavy atom. The van der Waals surface area contributed by atoms with Crippen LogP contribution in [0.25, 0.3) is 0 Å². The monoisotopic (exact) mass is 168 g/mol. The van der Waals surface area contributed by atoms with Crippen molar-refractivity contribution in [1.29, 1.82) is 0 Å². The molecule has 0 radical (unpaired) electrons. The van der Waals surface area contributed by atoms with Gasteiger partial charge in [0.15, 0.2) is 0 Å². The van der Waals surface area contributed by atoms with Crippen LogP contribution in [0.15, 0.2) is 23.3 Å². The van der Waals surface area contributed by atoms with Crippen molar-refractivity contribution in [1.82, 2.24) is 0 Å². The Labute approximate surface area is 76.1 Å². The van der Waals surface area contributed by atoms with E-state index in [0.29, 0.717) is 0 Å². The predicted octanol–water partition coefficient (Wildman–Crippen LogP) is 3.33. The molecule has 70 valence electrons. The maximum atomic E-state index is 5.30. The van der Waals surface area contributed by atoms with Gasteiger partial charge in [-0.25, -0.2) is 0 Å². The number of allylic oxidation sites excluding steroid dienone is 2. The molecule has 1 fully saturated rings. The fourth-order valence-corrected chi connectivity index (χ4v) is 1.22. The minimum Gasteiger partial charge on any atom is -0.376 e. The van der Waals surface area contributed by atoms with Gasteiger partial charge in [0, 0.05) is 0 Å². The third-order valence-corrected chi connectivity index (χ3v) is 1.88. The molecule has 1 nitrogen and oxygen atoms in total. The molecule has 0 aromatic carbocycles. The molecule has 0 atom stereocenters. The third-order valence-electron chi connectivity index (χ3n) is 1.88. The Morgan fingerprint density at radius 1 is 1.08 bits per heavy atom. The lowest BCUT2D eigenvalue weighted by molar-refractivity contribution is 0.145. The highest BCUT2D eigenvalue weighted by molar-refractivity contribution is 5.31. The zero-order valence-corrected chi connectivity index (χ0v) is 8.68. The SMILES string of the molecule is C/C=C1/CCOC/C1=C/C.CC. The van der Waals surface area contributed by atoms with Gasteiger partial charge in [0.1, 0.15) is 0 Å². The molecular weight excluding hydrogens is 148 g/mol. The molecule has 1 heteroatoms. The average molecular weight is 168 g/mol. The van der Waals surface area contributed by atoms with Crippen molar-refractivity contribution in [2.45, 2.75) is 34.1 Å². The summed E-state index contributed by atoms with van der Waals surface area (Å²) in [4.78, 5) is 0. The summed E-state index contributed by atoms with van der Waals surface area (Å²) in [7, 11) is 0. The third kappa shape index (κ3) is 3.22. The van der Waals surface area contributed by atoms with Crippen molar-refractivity contribution in [2.24, 2.45) is 0 Å². The minimum absolute atomic E-state index is 0.802. The Balaban J connectivity index is 0.000000561. The lowest BCUT2D eigenvalue weighted by atomic mass is 10.0. The highest BCUT2D eigenvalue weighted by Crippen LogP contribution is 2.18. The van der Waals surface area contributed by atoms with E-state index in [9.17, 15) is 0 Å². The molecule has 0 bridgehead atoms. The van der Waals surface area contributed by atoms with Gasteiger partial charge in [-0.1, -0.05) is 26.0 Å². The van der Waals surface area contributed by atoms with Crippen LogP contribution in [0.1, 0.15) is 34.1 Å². The molecule has 0 aromatic rings. The van der Waals surface area contributed by atoms with E-state index in [-0.39, 0.29) is 0 Å². The van der Waals surface area contributed by atoms with Crippen LogP contribution in [-0.4, -0.2) is 13.2 Å². The van der Waals surface area contributed by atoms with Crippen LogP contribution >= 0.6 is 0 Å². The van der Waals surface area contributed by atoms with Crippen LogP contribution in [0.2, 0.25) is 0 Å². The van der Waals surface area contributed by atoms with Crippen molar-refractivity contribution >= 4 is 0 Å². The number of hydrogen-bond acceptors (Lipinski definition) is 1. The smallest absolute Gasteiger partial charge is 0.0716 e. The van der Waals surface area contributed by atoms with Gasteiger partial charge in [0.05, 0.1) is 13.2 Å². The van der Waals surface area contributed by atoms with Gasteiger partial charge in [-0.3, -0.25) is 0 Å². The summed E-state index contributed by atoms with van der Waals surface area (Å²) in [6, 6.07) is 0. The van der Waals surface area contributed by atoms with Crippen molar-refractivity contribution < 1.29 is 4.74 Å². The Kier molecular flexibility index (Phi) is 6.78. The van der Waals surface area contributed by atoms with E-state index in [1.807, 2.05) is 13.8 Å². The number of ether oxygens (including phenoxy) is 1. The molecule has 1 heterocycles. The molecule has 1 aliphatic rings. The topological polar surface area (TPSA) is 9.23 Å². The first-order valence-electron chi connectivity index (χ1n) is 4.77. The van der Waals surface area contributed by atoms with Crippen LogP contribution in [0.5, 0.6) is 0 Å². The van der Waals surface area contributed by atoms with Crippen molar-refractivity contribution in [3.05, 3.63) is 23.3 Å². The first-order valence-corrected chi connectivity index (χ1v) is 4.77. The highest BCUT2D eigenvalue weighted by atomic mass is 16.5. The fourth-order valence-electron chi connectivity index (χ4n) is 1.22. The normalized spacial score (nSPS) is 23.7. The Hall–Kier alpha value is -0.560. The van der Waals surface area contributed by atoms with Gasteiger partial charge in [-0.05, 0) is 31.4 Å². The summed E-state index contributed by atoms with van der Waals surface area (Å²) in [5, 5.41) is 0. The quantitative estimate of drug-likeness (QED) is 0.539. The van der Waals surface area contributed by atoms with Crippen LogP contribution in [0, 0.1) is 0 Å². The van der Waals surface area contributed by atoms with E-state index in [1.54, 1.807) is 0 Å². The zero-order valence-electron chi connectivity index (χ0n) is 8.68. The molecule has 0 spiro atoms. The van der Waals surface area contributed by atoms with Gasteiger partial charge in [0.25, 0.3) is 0 Å². The van der Waals surface area contributed by atoms with Gasteiger partial charge >= 0.3 is 0 Å². The Bertz CT molecular complexity index is 146. The molecule has 12 heavy (non-hydrogen) atoms. The van der Waals surface area contributed by atoms with E-state index < -0.39 is 0 Å². The molecule has 0 aromatic heterocycles. The first kappa shape index (κ1) is 11.4. The van der Waals surface area contributed by atoms with E-state index in [1.165, 1.54) is 11.1 Å². The number of rotatable bonds is 0. The molecule has 0 saturated carbocycles. The maximum absolute atomic E-state index is 5.30. The second kappa shape index (κ2) is 7.11. The first-order chi connectivity index (χ1) is 5.88.